The summed E-state index contributed by atoms with van der Waals surface area (Å²) >= 11 is 1.21. The second-order valence-electron chi connectivity index (χ2n) is 15.9. The van der Waals surface area contributed by atoms with Crippen LogP contribution < -0.4 is 16.1 Å². The molecule has 0 saturated carbocycles. The number of pyridine rings is 1. The van der Waals surface area contributed by atoms with Crippen molar-refractivity contribution in [1.29, 1.82) is 0 Å². The Kier molecular flexibility index (Phi) is 11.2. The number of amides is 1. The first-order valence-electron chi connectivity index (χ1n) is 18.8. The fraction of sp³-hybridized carbons (Fsp3) is 0.538. The predicted molar refractivity (Wildman–Crippen MR) is 205 cm³/mol. The SMILES string of the molecule is COC(C)c1ncc(N2CCN(C)CC2)cc1-c1c2c3cc(c(F)cc3n1CC(F)(F)F)-c1csc(n1)C[C@H](N)C(=O)N1CCC[C@H](N1)C(=O)OCC(C)(C)C2. The van der Waals surface area contributed by atoms with Gasteiger partial charge in [-0.2, -0.15) is 13.2 Å². The summed E-state index contributed by atoms with van der Waals surface area (Å²) in [5.74, 6) is -1.72. The summed E-state index contributed by atoms with van der Waals surface area (Å²) in [4.78, 5) is 40.7. The van der Waals surface area contributed by atoms with Gasteiger partial charge in [0.05, 0.1) is 58.2 Å². The molecule has 1 aromatic carbocycles. The lowest BCUT2D eigenvalue weighted by molar-refractivity contribution is -0.155. The van der Waals surface area contributed by atoms with Crippen LogP contribution in [0, 0.1) is 11.2 Å². The van der Waals surface area contributed by atoms with Crippen LogP contribution in [-0.4, -0.2) is 108 Å². The number of methoxy groups -OCH3 is 1. The number of cyclic esters (lactones) is 1. The average Bonchev–Trinajstić information content (AvgIpc) is 3.73. The van der Waals surface area contributed by atoms with Gasteiger partial charge in [-0.25, -0.2) is 14.8 Å². The highest BCUT2D eigenvalue weighted by atomic mass is 32.1. The molecule has 4 aromatic rings. The van der Waals surface area contributed by atoms with Gasteiger partial charge < -0.3 is 29.6 Å². The highest BCUT2D eigenvalue weighted by Gasteiger charge is 2.37. The Balaban J connectivity index is 1.47. The number of hydrogen-bond donors (Lipinski definition) is 2. The second-order valence-corrected chi connectivity index (χ2v) is 16.8. The number of ether oxygens (including phenoxy) is 2. The molecule has 17 heteroatoms. The fourth-order valence-electron chi connectivity index (χ4n) is 7.81. The molecular weight excluding hydrogens is 753 g/mol. The van der Waals surface area contributed by atoms with E-state index in [2.05, 4.69) is 20.2 Å². The lowest BCUT2D eigenvalue weighted by Crippen LogP contribution is -2.59. The number of esters is 1. The topological polar surface area (TPSA) is 131 Å². The standard InChI is InChI=1S/C39H48F4N8O4S/c1-22(54-5)34-26(13-23(18-45-34)49-11-9-48(4)10-12-49)35-27-17-38(2,3)21-55-37(53)30-7-6-8-51(47-30)36(52)29(44)16-33-46-31(19-56-33)25-14-24(27)32(15-28(25)40)50(35)20-39(41,42)43/h13-15,18-19,22,29-30,47H,6-12,16-17,20-21,44H2,1-5H3/t22?,29-,30-/m0/s1. The van der Waals surface area contributed by atoms with Crippen LogP contribution >= 0.6 is 11.3 Å². The Hall–Kier alpha value is -4.16. The maximum Gasteiger partial charge on any atom is 0.406 e. The molecule has 2 saturated heterocycles. The van der Waals surface area contributed by atoms with Crippen LogP contribution in [-0.2, 0) is 38.4 Å². The van der Waals surface area contributed by atoms with E-state index < -0.39 is 54.0 Å². The zero-order chi connectivity index (χ0) is 40.1. The average molecular weight is 801 g/mol. The minimum absolute atomic E-state index is 0.0476. The second kappa shape index (κ2) is 15.6. The molecule has 7 rings (SSSR count). The number of nitrogens with two attached hydrogens (primary N) is 1. The minimum atomic E-state index is -4.68. The van der Waals surface area contributed by atoms with Crippen LogP contribution in [0.1, 0.15) is 56.0 Å². The predicted octanol–water partition coefficient (Wildman–Crippen LogP) is 5.48. The monoisotopic (exact) mass is 800 g/mol. The van der Waals surface area contributed by atoms with Gasteiger partial charge in [-0.3, -0.25) is 19.6 Å². The van der Waals surface area contributed by atoms with E-state index in [1.54, 1.807) is 24.6 Å². The van der Waals surface area contributed by atoms with E-state index in [0.29, 0.717) is 59.7 Å². The first-order chi connectivity index (χ1) is 26.5. The lowest BCUT2D eigenvalue weighted by atomic mass is 9.84. The largest absolute Gasteiger partial charge is 0.464 e. The van der Waals surface area contributed by atoms with Crippen molar-refractivity contribution in [2.45, 2.75) is 77.4 Å². The number of fused-ring (bicyclic) bond motifs is 6. The van der Waals surface area contributed by atoms with Crippen molar-refractivity contribution in [3.05, 3.63) is 51.9 Å². The number of carbonyl (C=O) groups is 2. The molecule has 0 aliphatic carbocycles. The van der Waals surface area contributed by atoms with E-state index in [1.807, 2.05) is 27.0 Å². The third-order valence-electron chi connectivity index (χ3n) is 10.9. The molecular formula is C39H48F4N8O4S. The van der Waals surface area contributed by atoms with E-state index in [4.69, 9.17) is 20.2 Å². The summed E-state index contributed by atoms with van der Waals surface area (Å²) in [5, 5.41) is 3.89. The van der Waals surface area contributed by atoms with Crippen molar-refractivity contribution in [1.82, 2.24) is 29.9 Å². The van der Waals surface area contributed by atoms with Crippen LogP contribution in [0.15, 0.2) is 29.8 Å². The number of benzene rings is 1. The summed E-state index contributed by atoms with van der Waals surface area (Å²) in [7, 11) is 3.55. The highest BCUT2D eigenvalue weighted by molar-refractivity contribution is 7.10. The third kappa shape index (κ3) is 8.28. The van der Waals surface area contributed by atoms with Gasteiger partial charge >= 0.3 is 12.1 Å². The van der Waals surface area contributed by atoms with E-state index in [1.165, 1.54) is 23.5 Å². The number of hydrazine groups is 1. The molecule has 3 N–H and O–H groups in total. The van der Waals surface area contributed by atoms with E-state index in [9.17, 15) is 22.8 Å². The van der Waals surface area contributed by atoms with Crippen molar-refractivity contribution in [3.8, 4) is 22.5 Å². The molecule has 302 valence electrons. The van der Waals surface area contributed by atoms with Gasteiger partial charge in [-0.1, -0.05) is 13.8 Å². The maximum atomic E-state index is 16.4. The van der Waals surface area contributed by atoms with Crippen LogP contribution in [0.3, 0.4) is 0 Å². The number of thiazole rings is 1. The number of alkyl halides is 3. The number of halogens is 4. The zero-order valence-corrected chi connectivity index (χ0v) is 33.0. The number of piperazine rings is 1. The first kappa shape index (κ1) is 40.1. The Bertz CT molecular complexity index is 2110. The van der Waals surface area contributed by atoms with Crippen molar-refractivity contribution >= 4 is 39.8 Å². The molecule has 1 unspecified atom stereocenters. The number of likely N-dealkylation sites (N-methyl/N-ethyl adjacent to an activating group) is 1. The minimum Gasteiger partial charge on any atom is -0.464 e. The molecule has 3 atom stereocenters. The van der Waals surface area contributed by atoms with Gasteiger partial charge in [-0.05, 0) is 57.0 Å². The summed E-state index contributed by atoms with van der Waals surface area (Å²) in [6.07, 6.45) is -2.38. The van der Waals surface area contributed by atoms with Gasteiger partial charge in [-0.15, -0.1) is 11.3 Å². The van der Waals surface area contributed by atoms with Gasteiger partial charge in [0.15, 0.2) is 0 Å². The van der Waals surface area contributed by atoms with Gasteiger partial charge in [0.2, 0.25) is 0 Å². The summed E-state index contributed by atoms with van der Waals surface area (Å²) in [5.41, 5.74) is 11.3. The third-order valence-corrected chi connectivity index (χ3v) is 11.8. The van der Waals surface area contributed by atoms with Crippen LogP contribution in [0.25, 0.3) is 33.4 Å². The van der Waals surface area contributed by atoms with E-state index in [0.717, 1.165) is 29.4 Å². The Morgan fingerprint density at radius 2 is 1.88 bits per heavy atom. The van der Waals surface area contributed by atoms with Crippen molar-refractivity contribution < 1.29 is 36.6 Å². The van der Waals surface area contributed by atoms with Crippen molar-refractivity contribution in [2.24, 2.45) is 11.1 Å². The maximum absolute atomic E-state index is 16.4. The molecule has 0 radical (unpaired) electrons. The van der Waals surface area contributed by atoms with Crippen LogP contribution in [0.5, 0.6) is 0 Å². The molecule has 2 fully saturated rings. The van der Waals surface area contributed by atoms with E-state index in [-0.39, 0.29) is 41.9 Å². The first-order valence-corrected chi connectivity index (χ1v) is 19.7. The van der Waals surface area contributed by atoms with Crippen molar-refractivity contribution in [2.75, 3.05) is 58.4 Å². The molecule has 3 aliphatic heterocycles. The zero-order valence-electron chi connectivity index (χ0n) is 32.2. The van der Waals surface area contributed by atoms with E-state index >= 15 is 4.39 Å². The van der Waals surface area contributed by atoms with Crippen LogP contribution in [0.4, 0.5) is 23.2 Å². The van der Waals surface area contributed by atoms with Gasteiger partial charge in [0.25, 0.3) is 5.91 Å². The number of rotatable bonds is 5. The molecule has 1 amide bonds. The summed E-state index contributed by atoms with van der Waals surface area (Å²) < 4.78 is 73.4. The Morgan fingerprint density at radius 3 is 2.59 bits per heavy atom. The molecule has 56 heavy (non-hydrogen) atoms. The molecule has 6 heterocycles. The summed E-state index contributed by atoms with van der Waals surface area (Å²) in [6, 6.07) is 2.78. The quantitative estimate of drug-likeness (QED) is 0.198. The number of carbonyl (C=O) groups excluding carboxylic acids is 2. The van der Waals surface area contributed by atoms with Gasteiger partial charge in [0.1, 0.15) is 18.4 Å². The smallest absolute Gasteiger partial charge is 0.406 e. The number of aromatic nitrogens is 3. The van der Waals surface area contributed by atoms with Crippen molar-refractivity contribution in [3.63, 3.8) is 0 Å². The molecule has 12 nitrogen and oxygen atoms in total. The number of nitrogens with zero attached hydrogens (tertiary/aromatic N) is 6. The highest BCUT2D eigenvalue weighted by Crippen LogP contribution is 2.44. The van der Waals surface area contributed by atoms with Gasteiger partial charge in [0, 0.05) is 73.6 Å². The number of nitrogens with one attached hydrogen (secondary N) is 1. The molecule has 3 aromatic heterocycles. The Labute approximate surface area is 326 Å². The normalized spacial score (nSPS) is 22.0. The fourth-order valence-corrected chi connectivity index (χ4v) is 8.66. The molecule has 6 bridgehead atoms. The molecule has 3 aliphatic rings. The number of anilines is 1. The summed E-state index contributed by atoms with van der Waals surface area (Å²) in [6.45, 7) is 7.38. The molecule has 0 spiro atoms. The Morgan fingerprint density at radius 1 is 1.12 bits per heavy atom. The number of hydrogen-bond acceptors (Lipinski definition) is 11. The lowest BCUT2D eigenvalue weighted by Gasteiger charge is -2.35. The van der Waals surface area contributed by atoms with Crippen LogP contribution in [0.2, 0.25) is 0 Å².